The van der Waals surface area contributed by atoms with Gasteiger partial charge >= 0.3 is 12.0 Å². The van der Waals surface area contributed by atoms with Crippen molar-refractivity contribution in [1.82, 2.24) is 10.6 Å². The summed E-state index contributed by atoms with van der Waals surface area (Å²) in [7, 11) is 1.61. The molecule has 0 aromatic carbocycles. The van der Waals surface area contributed by atoms with Gasteiger partial charge in [-0.3, -0.25) is 4.79 Å². The van der Waals surface area contributed by atoms with Gasteiger partial charge in [-0.15, -0.1) is 0 Å². The summed E-state index contributed by atoms with van der Waals surface area (Å²) in [5.41, 5.74) is -0.0503. The van der Waals surface area contributed by atoms with Crippen molar-refractivity contribution < 1.29 is 19.4 Å². The maximum atomic E-state index is 11.4. The first-order valence-corrected chi connectivity index (χ1v) is 6.03. The van der Waals surface area contributed by atoms with Crippen LogP contribution in [0.3, 0.4) is 0 Å². The molecule has 18 heavy (non-hydrogen) atoms. The molecule has 3 N–H and O–H groups in total. The SMILES string of the molecule is COC(CNC(=O)NCCCC(=O)O)C(C)(C)C. The van der Waals surface area contributed by atoms with Crippen LogP contribution in [-0.4, -0.2) is 43.4 Å². The molecule has 0 saturated heterocycles. The summed E-state index contributed by atoms with van der Waals surface area (Å²) in [5, 5.41) is 13.7. The van der Waals surface area contributed by atoms with Gasteiger partial charge in [-0.25, -0.2) is 4.79 Å². The lowest BCUT2D eigenvalue weighted by Crippen LogP contribution is -2.44. The number of aliphatic carboxylic acids is 1. The van der Waals surface area contributed by atoms with Gasteiger partial charge in [0.2, 0.25) is 0 Å². The molecule has 0 rings (SSSR count). The van der Waals surface area contributed by atoms with Crippen LogP contribution in [0.2, 0.25) is 0 Å². The molecule has 1 atom stereocenters. The molecule has 0 heterocycles. The summed E-state index contributed by atoms with van der Waals surface area (Å²) < 4.78 is 5.30. The summed E-state index contributed by atoms with van der Waals surface area (Å²) in [4.78, 5) is 21.7. The van der Waals surface area contributed by atoms with Crippen LogP contribution >= 0.6 is 0 Å². The van der Waals surface area contributed by atoms with Gasteiger partial charge in [0.25, 0.3) is 0 Å². The monoisotopic (exact) mass is 260 g/mol. The van der Waals surface area contributed by atoms with E-state index in [1.165, 1.54) is 0 Å². The van der Waals surface area contributed by atoms with E-state index < -0.39 is 5.97 Å². The summed E-state index contributed by atoms with van der Waals surface area (Å²) in [6, 6.07) is -0.299. The van der Waals surface area contributed by atoms with Gasteiger partial charge in [-0.05, 0) is 11.8 Å². The van der Waals surface area contributed by atoms with Crippen LogP contribution in [0.5, 0.6) is 0 Å². The highest BCUT2D eigenvalue weighted by Crippen LogP contribution is 2.20. The average molecular weight is 260 g/mol. The van der Waals surface area contributed by atoms with E-state index >= 15 is 0 Å². The van der Waals surface area contributed by atoms with Crippen molar-refractivity contribution >= 4 is 12.0 Å². The van der Waals surface area contributed by atoms with Gasteiger partial charge < -0.3 is 20.5 Å². The largest absolute Gasteiger partial charge is 0.481 e. The van der Waals surface area contributed by atoms with Crippen molar-refractivity contribution in [2.45, 2.75) is 39.7 Å². The van der Waals surface area contributed by atoms with Crippen LogP contribution in [0, 0.1) is 5.41 Å². The Morgan fingerprint density at radius 1 is 1.28 bits per heavy atom. The van der Waals surface area contributed by atoms with Gasteiger partial charge in [0.1, 0.15) is 0 Å². The summed E-state index contributed by atoms with van der Waals surface area (Å²) in [6.07, 6.45) is 0.417. The van der Waals surface area contributed by atoms with E-state index in [9.17, 15) is 9.59 Å². The zero-order valence-electron chi connectivity index (χ0n) is 11.6. The van der Waals surface area contributed by atoms with Crippen molar-refractivity contribution in [3.05, 3.63) is 0 Å². The van der Waals surface area contributed by atoms with E-state index in [0.29, 0.717) is 19.5 Å². The molecular weight excluding hydrogens is 236 g/mol. The predicted molar refractivity (Wildman–Crippen MR) is 68.5 cm³/mol. The van der Waals surface area contributed by atoms with Crippen LogP contribution in [0.1, 0.15) is 33.6 Å². The number of carbonyl (C=O) groups is 2. The highest BCUT2D eigenvalue weighted by Gasteiger charge is 2.24. The molecule has 2 amide bonds. The molecule has 0 aliphatic heterocycles. The predicted octanol–water partition coefficient (Wildman–Crippen LogP) is 1.21. The first-order chi connectivity index (χ1) is 8.27. The topological polar surface area (TPSA) is 87.7 Å². The van der Waals surface area contributed by atoms with Gasteiger partial charge in [0, 0.05) is 26.6 Å². The lowest BCUT2D eigenvalue weighted by molar-refractivity contribution is -0.137. The van der Waals surface area contributed by atoms with Crippen molar-refractivity contribution in [1.29, 1.82) is 0 Å². The number of hydrogen-bond donors (Lipinski definition) is 3. The number of hydrogen-bond acceptors (Lipinski definition) is 3. The molecule has 0 fully saturated rings. The van der Waals surface area contributed by atoms with Gasteiger partial charge in [-0.1, -0.05) is 20.8 Å². The third-order valence-electron chi connectivity index (χ3n) is 2.55. The maximum absolute atomic E-state index is 11.4. The molecule has 0 bridgehead atoms. The fraction of sp³-hybridized carbons (Fsp3) is 0.833. The van der Waals surface area contributed by atoms with E-state index in [0.717, 1.165) is 0 Å². The molecule has 0 aromatic heterocycles. The third kappa shape index (κ3) is 7.89. The van der Waals surface area contributed by atoms with Crippen LogP contribution in [-0.2, 0) is 9.53 Å². The Morgan fingerprint density at radius 3 is 2.33 bits per heavy atom. The summed E-state index contributed by atoms with van der Waals surface area (Å²) in [6.45, 7) is 6.88. The molecule has 0 spiro atoms. The Balaban J connectivity index is 3.79. The normalized spacial score (nSPS) is 12.9. The summed E-state index contributed by atoms with van der Waals surface area (Å²) in [5.74, 6) is -0.857. The minimum absolute atomic E-state index is 0.0503. The van der Waals surface area contributed by atoms with Gasteiger partial charge in [0.15, 0.2) is 0 Å². The zero-order chi connectivity index (χ0) is 14.2. The Kier molecular flexibility index (Phi) is 7.35. The number of methoxy groups -OCH3 is 1. The van der Waals surface area contributed by atoms with Crippen molar-refractivity contribution in [2.24, 2.45) is 5.41 Å². The highest BCUT2D eigenvalue weighted by atomic mass is 16.5. The second-order valence-electron chi connectivity index (χ2n) is 5.22. The summed E-state index contributed by atoms with van der Waals surface area (Å²) >= 11 is 0. The lowest BCUT2D eigenvalue weighted by Gasteiger charge is -2.29. The number of rotatable bonds is 7. The fourth-order valence-electron chi connectivity index (χ4n) is 1.43. The quantitative estimate of drug-likeness (QED) is 0.600. The number of nitrogens with one attached hydrogen (secondary N) is 2. The number of carboxylic acids is 1. The molecule has 0 radical (unpaired) electrons. The number of amides is 2. The zero-order valence-corrected chi connectivity index (χ0v) is 11.6. The van der Waals surface area contributed by atoms with E-state index in [1.54, 1.807) is 7.11 Å². The van der Waals surface area contributed by atoms with E-state index in [4.69, 9.17) is 9.84 Å². The lowest BCUT2D eigenvalue weighted by atomic mass is 9.89. The Morgan fingerprint density at radius 2 is 1.89 bits per heavy atom. The van der Waals surface area contributed by atoms with E-state index in [2.05, 4.69) is 10.6 Å². The molecule has 0 aromatic rings. The van der Waals surface area contributed by atoms with E-state index in [1.807, 2.05) is 20.8 Å². The van der Waals surface area contributed by atoms with Crippen LogP contribution < -0.4 is 10.6 Å². The molecule has 0 aliphatic rings. The number of ether oxygens (including phenoxy) is 1. The highest BCUT2D eigenvalue weighted by molar-refractivity contribution is 5.73. The molecule has 6 heteroatoms. The Hall–Kier alpha value is -1.30. The molecular formula is C12H24N2O4. The van der Waals surface area contributed by atoms with Gasteiger partial charge in [0.05, 0.1) is 6.10 Å². The van der Waals surface area contributed by atoms with Crippen molar-refractivity contribution in [3.63, 3.8) is 0 Å². The molecule has 1 unspecified atom stereocenters. The first kappa shape index (κ1) is 16.7. The van der Waals surface area contributed by atoms with Crippen LogP contribution in [0.15, 0.2) is 0 Å². The molecule has 6 nitrogen and oxygen atoms in total. The Bertz CT molecular complexity index is 274. The number of carboxylic acid groups (broad SMARTS) is 1. The third-order valence-corrected chi connectivity index (χ3v) is 2.55. The smallest absolute Gasteiger partial charge is 0.314 e. The second kappa shape index (κ2) is 7.92. The number of carbonyl (C=O) groups excluding carboxylic acids is 1. The van der Waals surface area contributed by atoms with Crippen LogP contribution in [0.25, 0.3) is 0 Å². The standard InChI is InChI=1S/C12H24N2O4/c1-12(2,3)9(18-4)8-14-11(17)13-7-5-6-10(15)16/h9H,5-8H2,1-4H3,(H,15,16)(H2,13,14,17). The second-order valence-corrected chi connectivity index (χ2v) is 5.22. The van der Waals surface area contributed by atoms with Crippen LogP contribution in [0.4, 0.5) is 4.79 Å². The Labute approximate surface area is 108 Å². The number of urea groups is 1. The van der Waals surface area contributed by atoms with Crippen molar-refractivity contribution in [2.75, 3.05) is 20.2 Å². The molecule has 0 saturated carbocycles. The van der Waals surface area contributed by atoms with E-state index in [-0.39, 0.29) is 24.0 Å². The first-order valence-electron chi connectivity index (χ1n) is 6.03. The maximum Gasteiger partial charge on any atom is 0.314 e. The van der Waals surface area contributed by atoms with Crippen molar-refractivity contribution in [3.8, 4) is 0 Å². The molecule has 106 valence electrons. The van der Waals surface area contributed by atoms with Gasteiger partial charge in [-0.2, -0.15) is 0 Å². The minimum Gasteiger partial charge on any atom is -0.481 e. The molecule has 0 aliphatic carbocycles. The average Bonchev–Trinajstić information content (AvgIpc) is 2.23. The fourth-order valence-corrected chi connectivity index (χ4v) is 1.43. The minimum atomic E-state index is -0.857.